The molecule has 7 heteroatoms. The van der Waals surface area contributed by atoms with Crippen molar-refractivity contribution in [3.63, 3.8) is 0 Å². The van der Waals surface area contributed by atoms with Gasteiger partial charge < -0.3 is 19.8 Å². The molecule has 0 aliphatic carbocycles. The van der Waals surface area contributed by atoms with Crippen molar-refractivity contribution >= 4 is 40.3 Å². The summed E-state index contributed by atoms with van der Waals surface area (Å²) in [4.78, 5) is 26.9. The van der Waals surface area contributed by atoms with Gasteiger partial charge >= 0.3 is 5.97 Å². The summed E-state index contributed by atoms with van der Waals surface area (Å²) in [6, 6.07) is 18.8. The lowest BCUT2D eigenvalue weighted by molar-refractivity contribution is -0.143. The number of piperidine rings is 1. The monoisotopic (exact) mass is 422 g/mol. The van der Waals surface area contributed by atoms with Crippen molar-refractivity contribution in [2.24, 2.45) is 5.92 Å². The molecule has 0 bridgehead atoms. The molecule has 1 atom stereocenters. The number of benzene rings is 3. The van der Waals surface area contributed by atoms with Crippen molar-refractivity contribution < 1.29 is 19.8 Å². The second-order valence-electron chi connectivity index (χ2n) is 7.31. The smallest absolute Gasteiger partial charge is 0.308 e. The molecule has 3 aromatic carbocycles. The number of amides is 1. The Balaban J connectivity index is 1.59. The van der Waals surface area contributed by atoms with Gasteiger partial charge in [-0.15, -0.1) is 0 Å². The van der Waals surface area contributed by atoms with Crippen LogP contribution in [0.3, 0.4) is 0 Å². The number of aliphatic carboxylic acids is 1. The van der Waals surface area contributed by atoms with Crippen molar-refractivity contribution in [2.75, 3.05) is 17.8 Å². The third kappa shape index (κ3) is 4.07. The molecule has 1 amide bonds. The van der Waals surface area contributed by atoms with E-state index < -0.39 is 11.9 Å². The van der Waals surface area contributed by atoms with Crippen LogP contribution in [0.5, 0.6) is 5.75 Å². The molecule has 1 heterocycles. The number of hydrogen-bond donors (Lipinski definition) is 3. The Labute approximate surface area is 178 Å². The van der Waals surface area contributed by atoms with E-state index in [9.17, 15) is 19.8 Å². The van der Waals surface area contributed by atoms with E-state index in [1.807, 2.05) is 48.5 Å². The summed E-state index contributed by atoms with van der Waals surface area (Å²) < 4.78 is 3.31. The minimum atomic E-state index is -0.887. The van der Waals surface area contributed by atoms with Gasteiger partial charge in [-0.25, -0.2) is 0 Å². The van der Waals surface area contributed by atoms with Crippen molar-refractivity contribution in [2.45, 2.75) is 17.7 Å². The Morgan fingerprint density at radius 3 is 2.57 bits per heavy atom. The minimum Gasteiger partial charge on any atom is -0.506 e. The van der Waals surface area contributed by atoms with Crippen LogP contribution >= 0.6 is 11.9 Å². The van der Waals surface area contributed by atoms with Gasteiger partial charge in [0.25, 0.3) is 5.91 Å². The number of carbonyl (C=O) groups excluding carboxylic acids is 1. The maximum Gasteiger partial charge on any atom is 0.308 e. The lowest BCUT2D eigenvalue weighted by Gasteiger charge is -2.31. The number of aromatic hydroxyl groups is 1. The number of nitrogens with zero attached hydrogens (tertiary/aromatic N) is 1. The highest BCUT2D eigenvalue weighted by atomic mass is 32.2. The van der Waals surface area contributed by atoms with E-state index in [4.69, 9.17) is 0 Å². The van der Waals surface area contributed by atoms with Crippen LogP contribution in [0, 0.1) is 5.92 Å². The summed E-state index contributed by atoms with van der Waals surface area (Å²) in [7, 11) is 0. The van der Waals surface area contributed by atoms with E-state index >= 15 is 0 Å². The number of fused-ring (bicyclic) bond motifs is 1. The summed E-state index contributed by atoms with van der Waals surface area (Å²) in [5.74, 6) is -1.86. The average molecular weight is 423 g/mol. The molecular weight excluding hydrogens is 400 g/mol. The third-order valence-corrected chi connectivity index (χ3v) is 6.17. The number of phenols is 1. The van der Waals surface area contributed by atoms with Crippen LogP contribution in [0.15, 0.2) is 65.6 Å². The summed E-state index contributed by atoms with van der Waals surface area (Å²) in [6.45, 7) is 0.663. The lowest BCUT2D eigenvalue weighted by atomic mass is 9.97. The molecule has 30 heavy (non-hydrogen) atoms. The van der Waals surface area contributed by atoms with Gasteiger partial charge in [-0.3, -0.25) is 9.59 Å². The number of hydrogen-bond acceptors (Lipinski definition) is 5. The van der Waals surface area contributed by atoms with Crippen LogP contribution in [-0.2, 0) is 4.79 Å². The van der Waals surface area contributed by atoms with Gasteiger partial charge in [-0.2, -0.15) is 0 Å². The van der Waals surface area contributed by atoms with Crippen LogP contribution in [0.4, 0.5) is 5.69 Å². The van der Waals surface area contributed by atoms with Gasteiger partial charge in [0.1, 0.15) is 5.75 Å². The maximum absolute atomic E-state index is 13.0. The predicted octanol–water partition coefficient (Wildman–Crippen LogP) is 4.60. The molecule has 3 aromatic rings. The highest BCUT2D eigenvalue weighted by molar-refractivity contribution is 8.00. The molecule has 0 aromatic heterocycles. The number of carbonyl (C=O) groups is 2. The van der Waals surface area contributed by atoms with Crippen molar-refractivity contribution in [3.05, 3.63) is 66.2 Å². The normalized spacial score (nSPS) is 16.4. The van der Waals surface area contributed by atoms with Gasteiger partial charge in [0.2, 0.25) is 0 Å². The Hall–Kier alpha value is -3.19. The fraction of sp³-hybridized carbons (Fsp3) is 0.217. The van der Waals surface area contributed by atoms with Crippen LogP contribution in [0.2, 0.25) is 0 Å². The Kier molecular flexibility index (Phi) is 5.81. The zero-order valence-electron chi connectivity index (χ0n) is 16.2. The summed E-state index contributed by atoms with van der Waals surface area (Å²) in [6.07, 6.45) is 1.21. The summed E-state index contributed by atoms with van der Waals surface area (Å²) in [5, 5.41) is 21.5. The second kappa shape index (κ2) is 8.67. The van der Waals surface area contributed by atoms with Crippen molar-refractivity contribution in [1.82, 2.24) is 4.90 Å². The number of likely N-dealkylation sites (tertiary alicyclic amines) is 1. The number of phenolic OH excluding ortho intramolecular Hbond substituents is 1. The van der Waals surface area contributed by atoms with Gasteiger partial charge in [-0.1, -0.05) is 36.4 Å². The lowest BCUT2D eigenvalue weighted by Crippen LogP contribution is -2.42. The highest BCUT2D eigenvalue weighted by Crippen LogP contribution is 2.35. The summed E-state index contributed by atoms with van der Waals surface area (Å²) >= 11 is 1.47. The first-order valence-electron chi connectivity index (χ1n) is 9.79. The molecule has 1 unspecified atom stereocenters. The molecule has 4 rings (SSSR count). The largest absolute Gasteiger partial charge is 0.506 e. The number of nitrogens with one attached hydrogen (secondary N) is 1. The van der Waals surface area contributed by atoms with E-state index in [0.717, 1.165) is 16.0 Å². The van der Waals surface area contributed by atoms with Crippen LogP contribution in [0.25, 0.3) is 10.8 Å². The zero-order chi connectivity index (χ0) is 21.1. The van der Waals surface area contributed by atoms with Crippen LogP contribution < -0.4 is 4.72 Å². The molecule has 0 radical (unpaired) electrons. The van der Waals surface area contributed by atoms with E-state index in [0.29, 0.717) is 24.8 Å². The zero-order valence-corrected chi connectivity index (χ0v) is 17.1. The minimum absolute atomic E-state index is 0.0803. The van der Waals surface area contributed by atoms with E-state index in [1.165, 1.54) is 16.8 Å². The second-order valence-corrected chi connectivity index (χ2v) is 8.19. The molecule has 154 valence electrons. The standard InChI is InChI=1S/C23H22N2O4S/c26-21-18-9-4-10-20(24-30-16-7-2-1-3-8-16)17(18)11-12-19(21)22(27)25-13-5-6-15(14-25)23(28)29/h1-4,7-12,15,24,26H,5-6,13-14H2,(H,28,29). The average Bonchev–Trinajstić information content (AvgIpc) is 2.78. The fourth-order valence-corrected chi connectivity index (χ4v) is 4.44. The van der Waals surface area contributed by atoms with E-state index in [1.54, 1.807) is 12.1 Å². The maximum atomic E-state index is 13.0. The van der Waals surface area contributed by atoms with Gasteiger partial charge in [-0.05, 0) is 49.1 Å². The molecule has 1 fully saturated rings. The predicted molar refractivity (Wildman–Crippen MR) is 118 cm³/mol. The first-order valence-corrected chi connectivity index (χ1v) is 10.6. The van der Waals surface area contributed by atoms with Crippen LogP contribution in [0.1, 0.15) is 23.2 Å². The molecule has 1 aliphatic heterocycles. The van der Waals surface area contributed by atoms with Crippen molar-refractivity contribution in [1.29, 1.82) is 0 Å². The third-order valence-electron chi connectivity index (χ3n) is 5.34. The number of rotatable bonds is 5. The Bertz CT molecular complexity index is 1090. The quantitative estimate of drug-likeness (QED) is 0.521. The molecule has 1 saturated heterocycles. The van der Waals surface area contributed by atoms with Gasteiger partial charge in [0.05, 0.1) is 17.2 Å². The molecule has 6 nitrogen and oxygen atoms in total. The Morgan fingerprint density at radius 1 is 1.00 bits per heavy atom. The highest BCUT2D eigenvalue weighted by Gasteiger charge is 2.30. The number of carboxylic acids is 1. The molecule has 0 saturated carbocycles. The molecular formula is C23H22N2O4S. The summed E-state index contributed by atoms with van der Waals surface area (Å²) in [5.41, 5.74) is 1.03. The van der Waals surface area contributed by atoms with Crippen LogP contribution in [-0.4, -0.2) is 40.1 Å². The van der Waals surface area contributed by atoms with E-state index in [2.05, 4.69) is 4.72 Å². The molecule has 0 spiro atoms. The fourth-order valence-electron chi connectivity index (χ4n) is 3.74. The number of carboxylic acid groups (broad SMARTS) is 1. The Morgan fingerprint density at radius 2 is 1.80 bits per heavy atom. The molecule has 1 aliphatic rings. The first kappa shape index (κ1) is 20.1. The first-order chi connectivity index (χ1) is 14.5. The number of anilines is 1. The van der Waals surface area contributed by atoms with Gasteiger partial charge in [0, 0.05) is 28.8 Å². The van der Waals surface area contributed by atoms with Crippen molar-refractivity contribution in [3.8, 4) is 5.75 Å². The van der Waals surface area contributed by atoms with E-state index in [-0.39, 0.29) is 23.8 Å². The topological polar surface area (TPSA) is 89.9 Å². The molecule has 3 N–H and O–H groups in total. The SMILES string of the molecule is O=C(O)C1CCCN(C(=O)c2ccc3c(NSc4ccccc4)cccc3c2O)C1. The van der Waals surface area contributed by atoms with Gasteiger partial charge in [0.15, 0.2) is 0 Å².